The fourth-order valence-corrected chi connectivity index (χ4v) is 23.6. The molecule has 0 saturated carbocycles. The first kappa shape index (κ1) is 14.7. The van der Waals surface area contributed by atoms with Gasteiger partial charge in [-0.25, -0.2) is 0 Å². The van der Waals surface area contributed by atoms with E-state index in [-0.39, 0.29) is 24.5 Å². The Morgan fingerprint density at radius 2 is 2.27 bits per heavy atom. The van der Waals surface area contributed by atoms with Gasteiger partial charge in [0.05, 0.1) is 0 Å². The number of alkyl halides is 4. The second-order valence-electron chi connectivity index (χ2n) is 3.09. The van der Waals surface area contributed by atoms with E-state index in [2.05, 4.69) is 6.92 Å². The van der Waals surface area contributed by atoms with Crippen molar-refractivity contribution in [1.29, 1.82) is 0 Å². The Labute approximate surface area is 112 Å². The summed E-state index contributed by atoms with van der Waals surface area (Å²) >= 11 is 2.38. The van der Waals surface area contributed by atoms with E-state index in [9.17, 15) is 8.78 Å². The van der Waals surface area contributed by atoms with Crippen molar-refractivity contribution < 1.29 is 8.78 Å². The summed E-state index contributed by atoms with van der Waals surface area (Å²) < 4.78 is 28.1. The molecule has 1 aliphatic heterocycles. The van der Waals surface area contributed by atoms with E-state index in [0.29, 0.717) is 12.3 Å². The summed E-state index contributed by atoms with van der Waals surface area (Å²) in [6.07, 6.45) is -0.440. The van der Waals surface area contributed by atoms with Crippen LogP contribution >= 0.6 is 58.1 Å². The Bertz CT molecular complexity index is 326. The van der Waals surface area contributed by atoms with Crippen LogP contribution in [-0.2, 0) is 0 Å². The molecule has 0 bridgehead atoms. The third kappa shape index (κ3) is 2.91. The summed E-state index contributed by atoms with van der Waals surface area (Å²) in [5.41, 5.74) is 0. The van der Waals surface area contributed by atoms with Gasteiger partial charge in [0.2, 0.25) is 0 Å². The molecule has 0 N–H and O–H groups in total. The van der Waals surface area contributed by atoms with Gasteiger partial charge in [-0.1, -0.05) is 0 Å². The van der Waals surface area contributed by atoms with Crippen LogP contribution < -0.4 is 0 Å². The zero-order valence-electron chi connectivity index (χ0n) is 8.54. The molecule has 15 heavy (non-hydrogen) atoms. The molecule has 0 aromatic rings. The fraction of sp³-hybridized carbons (Fsp3) is 0.778. The van der Waals surface area contributed by atoms with Crippen LogP contribution in [0.4, 0.5) is 8.78 Å². The third-order valence-corrected chi connectivity index (χ3v) is 22.6. The number of rotatable bonds is 5. The van der Waals surface area contributed by atoms with Crippen LogP contribution in [-0.4, -0.2) is 25.7 Å². The van der Waals surface area contributed by atoms with E-state index in [1.807, 2.05) is 0 Å². The molecule has 92 valence electrons. The van der Waals surface area contributed by atoms with Crippen molar-refractivity contribution in [3.8, 4) is 0 Å². The molecule has 0 spiro atoms. The molecule has 1 heterocycles. The standard InChI is InChI=1S/C9H14Cl2F2I2/c1-3-14-7(4-5-10)15(11)8(6(2)12)9(15)13/h6,8H,3-5H2,1-2H3/t6?,8-/m0/s1. The van der Waals surface area contributed by atoms with Gasteiger partial charge < -0.3 is 0 Å². The topological polar surface area (TPSA) is 0 Å². The number of halogens is 6. The van der Waals surface area contributed by atoms with E-state index in [4.69, 9.17) is 20.5 Å². The molecule has 0 aromatic heterocycles. The maximum absolute atomic E-state index is 13.6. The van der Waals surface area contributed by atoms with Crippen LogP contribution in [0.15, 0.2) is 0 Å². The average molecular weight is 485 g/mol. The van der Waals surface area contributed by atoms with Gasteiger partial charge in [0, 0.05) is 0 Å². The monoisotopic (exact) mass is 484 g/mol. The van der Waals surface area contributed by atoms with E-state index in [1.54, 1.807) is 0 Å². The first-order chi connectivity index (χ1) is 7.00. The van der Waals surface area contributed by atoms with E-state index < -0.39 is 26.9 Å². The van der Waals surface area contributed by atoms with Gasteiger partial charge in [0.15, 0.2) is 0 Å². The summed E-state index contributed by atoms with van der Waals surface area (Å²) in [4.78, 5) is 0. The van der Waals surface area contributed by atoms with Gasteiger partial charge in [0.25, 0.3) is 0 Å². The molecule has 1 rings (SSSR count). The van der Waals surface area contributed by atoms with Crippen molar-refractivity contribution in [1.82, 2.24) is 0 Å². The van der Waals surface area contributed by atoms with E-state index in [0.717, 1.165) is 5.94 Å². The average Bonchev–Trinajstić information content (AvgIpc) is 2.70. The van der Waals surface area contributed by atoms with Crippen LogP contribution in [0.3, 0.4) is 0 Å². The first-order valence-electron chi connectivity index (χ1n) is 4.63. The second kappa shape index (κ2) is 6.00. The predicted octanol–water partition coefficient (Wildman–Crippen LogP) is 4.77. The SMILES string of the molecule is CCI=C(CCCl)I1(Cl)=C(F)[C@@H]1C(C)F. The van der Waals surface area contributed by atoms with Crippen LogP contribution in [0.25, 0.3) is 0 Å². The maximum atomic E-state index is 13.6. The van der Waals surface area contributed by atoms with Crippen molar-refractivity contribution in [3.63, 3.8) is 0 Å². The van der Waals surface area contributed by atoms with Crippen LogP contribution in [0.5, 0.6) is 0 Å². The Morgan fingerprint density at radius 1 is 1.67 bits per heavy atom. The van der Waals surface area contributed by atoms with Crippen molar-refractivity contribution in [2.24, 2.45) is 0 Å². The molecule has 2 unspecified atom stereocenters. The summed E-state index contributed by atoms with van der Waals surface area (Å²) in [5, 5.41) is 0. The third-order valence-electron chi connectivity index (χ3n) is 2.01. The van der Waals surface area contributed by atoms with Crippen LogP contribution in [0.1, 0.15) is 20.3 Å². The Balaban J connectivity index is 2.91. The molecule has 0 saturated heterocycles. The van der Waals surface area contributed by atoms with Gasteiger partial charge in [-0.15, -0.1) is 0 Å². The first-order valence-corrected chi connectivity index (χ1v) is 13.9. The molecule has 6 heteroatoms. The molecule has 3 atom stereocenters. The minimum absolute atomic E-state index is 0.199. The Kier molecular flexibility index (Phi) is 5.88. The molecule has 0 aliphatic carbocycles. The van der Waals surface area contributed by atoms with Gasteiger partial charge in [-0.05, 0) is 0 Å². The summed E-state index contributed by atoms with van der Waals surface area (Å²) in [6.45, 7) is 3.47. The zero-order chi connectivity index (χ0) is 11.6. The molecule has 0 nitrogen and oxygen atoms in total. The quantitative estimate of drug-likeness (QED) is 0.389. The van der Waals surface area contributed by atoms with E-state index in [1.165, 1.54) is 6.92 Å². The number of hydrogen-bond donors (Lipinski definition) is 0. The predicted molar refractivity (Wildman–Crippen MR) is 85.3 cm³/mol. The minimum atomic E-state index is -3.10. The summed E-state index contributed by atoms with van der Waals surface area (Å²) in [5.74, 6) is 0.480. The molecular formula is C9H14Cl2F2I2. The van der Waals surface area contributed by atoms with Gasteiger partial charge in [-0.3, -0.25) is 0 Å². The van der Waals surface area contributed by atoms with Gasteiger partial charge in [-0.2, -0.15) is 0 Å². The van der Waals surface area contributed by atoms with Crippen LogP contribution in [0, 0.1) is 0 Å². The molecule has 0 amide bonds. The molecular weight excluding hydrogens is 471 g/mol. The molecule has 0 radical (unpaired) electrons. The summed E-state index contributed by atoms with van der Waals surface area (Å²) in [6, 6.07) is 0. The van der Waals surface area contributed by atoms with Gasteiger partial charge in [0.1, 0.15) is 0 Å². The molecule has 0 aromatic carbocycles. The van der Waals surface area contributed by atoms with Crippen LogP contribution in [0.2, 0.25) is 0 Å². The Morgan fingerprint density at radius 3 is 2.60 bits per heavy atom. The normalized spacial score (nSPS) is 37.9. The summed E-state index contributed by atoms with van der Waals surface area (Å²) in [7, 11) is 6.34. The van der Waals surface area contributed by atoms with Gasteiger partial charge >= 0.3 is 113 Å². The van der Waals surface area contributed by atoms with Crippen molar-refractivity contribution in [2.45, 2.75) is 30.4 Å². The fourth-order valence-electron chi connectivity index (χ4n) is 1.34. The van der Waals surface area contributed by atoms with Crippen molar-refractivity contribution in [2.75, 3.05) is 10.3 Å². The number of hydrogen-bond acceptors (Lipinski definition) is 0. The zero-order valence-corrected chi connectivity index (χ0v) is 14.4. The molecule has 1 aliphatic rings. The molecule has 0 fully saturated rings. The van der Waals surface area contributed by atoms with E-state index >= 15 is 0 Å². The van der Waals surface area contributed by atoms with Crippen molar-refractivity contribution in [3.05, 3.63) is 0 Å². The second-order valence-corrected chi connectivity index (χ2v) is 18.9. The van der Waals surface area contributed by atoms with Crippen molar-refractivity contribution >= 4 is 63.3 Å². The Hall–Kier alpha value is 1.64.